The number of hydrogen-bond donors (Lipinski definition) is 1. The number of rotatable bonds is 4. The third-order valence-corrected chi connectivity index (χ3v) is 3.74. The zero-order valence-electron chi connectivity index (χ0n) is 12.2. The zero-order chi connectivity index (χ0) is 14.7. The average molecular weight is 288 g/mol. The van der Waals surface area contributed by atoms with E-state index < -0.39 is 0 Å². The van der Waals surface area contributed by atoms with Crippen LogP contribution in [0.1, 0.15) is 16.2 Å². The third-order valence-electron chi connectivity index (χ3n) is 3.74. The summed E-state index contributed by atoms with van der Waals surface area (Å²) in [6.07, 6.45) is 1.87. The summed E-state index contributed by atoms with van der Waals surface area (Å²) >= 11 is 0. The lowest BCUT2D eigenvalue weighted by Gasteiger charge is -2.26. The lowest BCUT2D eigenvalue weighted by atomic mass is 10.3. The van der Waals surface area contributed by atoms with E-state index in [0.29, 0.717) is 12.2 Å². The van der Waals surface area contributed by atoms with Gasteiger partial charge in [-0.2, -0.15) is 0 Å². The molecule has 2 aromatic heterocycles. The third kappa shape index (κ3) is 3.06. The molecule has 0 spiro atoms. The molecule has 0 bridgehead atoms. The van der Waals surface area contributed by atoms with Gasteiger partial charge in [-0.3, -0.25) is 14.1 Å². The van der Waals surface area contributed by atoms with Crippen LogP contribution in [0.15, 0.2) is 24.4 Å². The molecule has 0 atom stereocenters. The van der Waals surface area contributed by atoms with E-state index >= 15 is 0 Å². The van der Waals surface area contributed by atoms with Crippen LogP contribution < -0.4 is 5.32 Å². The Morgan fingerprint density at radius 1 is 1.38 bits per heavy atom. The maximum absolute atomic E-state index is 12.4. The first-order chi connectivity index (χ1) is 10.3. The van der Waals surface area contributed by atoms with Crippen LogP contribution in [-0.4, -0.2) is 59.6 Å². The van der Waals surface area contributed by atoms with Crippen molar-refractivity contribution in [1.82, 2.24) is 19.6 Å². The molecule has 1 saturated heterocycles. The van der Waals surface area contributed by atoms with Crippen LogP contribution >= 0.6 is 0 Å². The van der Waals surface area contributed by atoms with Crippen LogP contribution in [0.4, 0.5) is 0 Å². The molecule has 0 aliphatic carbocycles. The van der Waals surface area contributed by atoms with E-state index in [1.165, 1.54) is 0 Å². The normalized spacial score (nSPS) is 16.2. The molecule has 1 amide bonds. The number of nitrogens with one attached hydrogen (secondary N) is 1. The molecule has 1 aliphatic rings. The number of ether oxygens (including phenoxy) is 1. The highest BCUT2D eigenvalue weighted by Gasteiger charge is 2.16. The van der Waals surface area contributed by atoms with Crippen molar-refractivity contribution in [3.8, 4) is 0 Å². The molecule has 112 valence electrons. The van der Waals surface area contributed by atoms with Gasteiger partial charge in [-0.1, -0.05) is 6.07 Å². The van der Waals surface area contributed by atoms with Crippen LogP contribution in [0.25, 0.3) is 5.65 Å². The minimum atomic E-state index is -0.0699. The number of fused-ring (bicyclic) bond motifs is 1. The van der Waals surface area contributed by atoms with Crippen molar-refractivity contribution in [3.63, 3.8) is 0 Å². The number of pyridine rings is 1. The number of imidazole rings is 1. The van der Waals surface area contributed by atoms with Crippen LogP contribution in [0.2, 0.25) is 0 Å². The predicted octanol–water partition coefficient (Wildman–Crippen LogP) is 0.705. The topological polar surface area (TPSA) is 58.9 Å². The monoisotopic (exact) mass is 288 g/mol. The second-order valence-electron chi connectivity index (χ2n) is 5.18. The molecule has 3 rings (SSSR count). The zero-order valence-corrected chi connectivity index (χ0v) is 12.2. The van der Waals surface area contributed by atoms with Gasteiger partial charge in [0.1, 0.15) is 11.3 Å². The largest absolute Gasteiger partial charge is 0.379 e. The van der Waals surface area contributed by atoms with Gasteiger partial charge in [0.25, 0.3) is 5.91 Å². The summed E-state index contributed by atoms with van der Waals surface area (Å²) < 4.78 is 7.14. The molecule has 6 heteroatoms. The fraction of sp³-hybridized carbons (Fsp3) is 0.467. The summed E-state index contributed by atoms with van der Waals surface area (Å²) in [7, 11) is 0. The fourth-order valence-electron chi connectivity index (χ4n) is 2.62. The number of aryl methyl sites for hydroxylation is 1. The number of aromatic nitrogens is 2. The number of carbonyl (C=O) groups is 1. The second kappa shape index (κ2) is 6.24. The molecular weight excluding hydrogens is 268 g/mol. The van der Waals surface area contributed by atoms with E-state index in [9.17, 15) is 4.79 Å². The molecule has 6 nitrogen and oxygen atoms in total. The molecule has 1 N–H and O–H groups in total. The molecule has 0 saturated carbocycles. The number of morpholine rings is 1. The Balaban J connectivity index is 1.62. The minimum Gasteiger partial charge on any atom is -0.379 e. The van der Waals surface area contributed by atoms with E-state index in [1.54, 1.807) is 0 Å². The summed E-state index contributed by atoms with van der Waals surface area (Å²) in [5, 5.41) is 2.98. The summed E-state index contributed by atoms with van der Waals surface area (Å²) in [4.78, 5) is 19.1. The number of amides is 1. The van der Waals surface area contributed by atoms with E-state index in [1.807, 2.05) is 35.7 Å². The van der Waals surface area contributed by atoms with Crippen molar-refractivity contribution < 1.29 is 9.53 Å². The predicted molar refractivity (Wildman–Crippen MR) is 79.5 cm³/mol. The standard InChI is InChI=1S/C15H20N4O2/c1-12-14(19-6-3-2-4-13(19)17-12)15(20)16-5-7-18-8-10-21-11-9-18/h2-4,6H,5,7-11H2,1H3,(H,16,20). The summed E-state index contributed by atoms with van der Waals surface area (Å²) in [6.45, 7) is 6.78. The SMILES string of the molecule is Cc1nc2ccccn2c1C(=O)NCCN1CCOCC1. The number of carbonyl (C=O) groups excluding carboxylic acids is 1. The van der Waals surface area contributed by atoms with Crippen LogP contribution in [0, 0.1) is 6.92 Å². The lowest BCUT2D eigenvalue weighted by Crippen LogP contribution is -2.41. The Bertz CT molecular complexity index is 632. The first kappa shape index (κ1) is 14.0. The number of nitrogens with zero attached hydrogens (tertiary/aromatic N) is 3. The Labute approximate surface area is 123 Å². The van der Waals surface area contributed by atoms with E-state index in [4.69, 9.17) is 4.74 Å². The Kier molecular flexibility index (Phi) is 4.17. The van der Waals surface area contributed by atoms with Crippen LogP contribution in [0.5, 0.6) is 0 Å². The fourth-order valence-corrected chi connectivity index (χ4v) is 2.62. The highest BCUT2D eigenvalue weighted by atomic mass is 16.5. The first-order valence-electron chi connectivity index (χ1n) is 7.28. The first-order valence-corrected chi connectivity index (χ1v) is 7.28. The summed E-state index contributed by atoms with van der Waals surface area (Å²) in [6, 6.07) is 5.72. The second-order valence-corrected chi connectivity index (χ2v) is 5.18. The van der Waals surface area contributed by atoms with Crippen molar-refractivity contribution in [2.75, 3.05) is 39.4 Å². The van der Waals surface area contributed by atoms with Gasteiger partial charge in [-0.25, -0.2) is 4.98 Å². The molecular formula is C15H20N4O2. The van der Waals surface area contributed by atoms with Gasteiger partial charge < -0.3 is 10.1 Å². The van der Waals surface area contributed by atoms with Gasteiger partial charge in [0.2, 0.25) is 0 Å². The molecule has 1 aliphatic heterocycles. The highest BCUT2D eigenvalue weighted by molar-refractivity contribution is 5.94. The van der Waals surface area contributed by atoms with Gasteiger partial charge in [-0.05, 0) is 19.1 Å². The Morgan fingerprint density at radius 2 is 2.19 bits per heavy atom. The van der Waals surface area contributed by atoms with Crippen molar-refractivity contribution >= 4 is 11.6 Å². The average Bonchev–Trinajstić information content (AvgIpc) is 2.84. The summed E-state index contributed by atoms with van der Waals surface area (Å²) in [5.74, 6) is -0.0699. The van der Waals surface area contributed by atoms with Gasteiger partial charge in [-0.15, -0.1) is 0 Å². The lowest BCUT2D eigenvalue weighted by molar-refractivity contribution is 0.0383. The highest BCUT2D eigenvalue weighted by Crippen LogP contribution is 2.11. The van der Waals surface area contributed by atoms with Gasteiger partial charge in [0.15, 0.2) is 0 Å². The molecule has 3 heterocycles. The minimum absolute atomic E-state index is 0.0699. The molecule has 2 aromatic rings. The maximum Gasteiger partial charge on any atom is 0.270 e. The van der Waals surface area contributed by atoms with Crippen molar-refractivity contribution in [2.45, 2.75) is 6.92 Å². The van der Waals surface area contributed by atoms with E-state index in [0.717, 1.165) is 44.2 Å². The van der Waals surface area contributed by atoms with Crippen molar-refractivity contribution in [2.24, 2.45) is 0 Å². The van der Waals surface area contributed by atoms with Gasteiger partial charge in [0.05, 0.1) is 18.9 Å². The van der Waals surface area contributed by atoms with Crippen molar-refractivity contribution in [3.05, 3.63) is 35.8 Å². The molecule has 0 unspecified atom stereocenters. The molecule has 0 radical (unpaired) electrons. The molecule has 0 aromatic carbocycles. The Morgan fingerprint density at radius 3 is 3.00 bits per heavy atom. The van der Waals surface area contributed by atoms with Gasteiger partial charge in [0, 0.05) is 32.4 Å². The van der Waals surface area contributed by atoms with E-state index in [-0.39, 0.29) is 5.91 Å². The smallest absolute Gasteiger partial charge is 0.270 e. The van der Waals surface area contributed by atoms with E-state index in [2.05, 4.69) is 15.2 Å². The van der Waals surface area contributed by atoms with Crippen LogP contribution in [-0.2, 0) is 4.74 Å². The maximum atomic E-state index is 12.4. The van der Waals surface area contributed by atoms with Crippen LogP contribution in [0.3, 0.4) is 0 Å². The summed E-state index contributed by atoms with van der Waals surface area (Å²) in [5.41, 5.74) is 2.17. The van der Waals surface area contributed by atoms with Crippen molar-refractivity contribution in [1.29, 1.82) is 0 Å². The quantitative estimate of drug-likeness (QED) is 0.900. The number of hydrogen-bond acceptors (Lipinski definition) is 4. The molecule has 1 fully saturated rings. The molecule has 21 heavy (non-hydrogen) atoms. The Hall–Kier alpha value is -1.92. The van der Waals surface area contributed by atoms with Gasteiger partial charge >= 0.3 is 0 Å².